The van der Waals surface area contributed by atoms with Crippen LogP contribution in [-0.2, 0) is 6.42 Å². The van der Waals surface area contributed by atoms with E-state index in [1.54, 1.807) is 5.01 Å². The lowest BCUT2D eigenvalue weighted by molar-refractivity contribution is 0.0333. The molecule has 0 saturated heterocycles. The van der Waals surface area contributed by atoms with Gasteiger partial charge in [0.25, 0.3) is 11.8 Å². The van der Waals surface area contributed by atoms with Gasteiger partial charge in [-0.3, -0.25) is 15.0 Å². The molecule has 2 aromatic rings. The van der Waals surface area contributed by atoms with Gasteiger partial charge in [0.15, 0.2) is 0 Å². The van der Waals surface area contributed by atoms with Crippen LogP contribution in [0.15, 0.2) is 42.5 Å². The van der Waals surface area contributed by atoms with Crippen molar-refractivity contribution in [1.29, 1.82) is 0 Å². The highest BCUT2D eigenvalue weighted by atomic mass is 16.2. The Morgan fingerprint density at radius 1 is 0.938 bits per heavy atom. The smallest absolute Gasteiger partial charge is 0.267 e. The minimum atomic E-state index is -0.220. The number of rotatable bonds is 7. The summed E-state index contributed by atoms with van der Waals surface area (Å²) in [5, 5.41) is 1.67. The molecule has 3 rings (SSSR count). The largest absolute Gasteiger partial charge is 0.272 e. The minimum absolute atomic E-state index is 0.00693. The van der Waals surface area contributed by atoms with Gasteiger partial charge in [-0.25, -0.2) is 5.01 Å². The topological polar surface area (TPSA) is 49.4 Å². The van der Waals surface area contributed by atoms with Gasteiger partial charge in [0.1, 0.15) is 0 Å². The third-order valence-electron chi connectivity index (χ3n) is 6.64. The molecule has 1 saturated carbocycles. The van der Waals surface area contributed by atoms with Crippen LogP contribution in [-0.4, -0.2) is 22.9 Å². The lowest BCUT2D eigenvalue weighted by Gasteiger charge is -2.39. The van der Waals surface area contributed by atoms with Crippen molar-refractivity contribution >= 4 is 11.8 Å². The Kier molecular flexibility index (Phi) is 8.49. The lowest BCUT2D eigenvalue weighted by Crippen LogP contribution is -2.54. The summed E-state index contributed by atoms with van der Waals surface area (Å²) in [6, 6.07) is 13.6. The van der Waals surface area contributed by atoms with E-state index in [-0.39, 0.29) is 17.9 Å². The summed E-state index contributed by atoms with van der Waals surface area (Å²) >= 11 is 0. The number of carbonyl (C=O) groups is 2. The number of hydrazine groups is 1. The highest BCUT2D eigenvalue weighted by Crippen LogP contribution is 2.31. The van der Waals surface area contributed by atoms with Crippen molar-refractivity contribution in [2.24, 2.45) is 5.92 Å². The maximum atomic E-state index is 13.8. The third kappa shape index (κ3) is 5.99. The molecule has 1 N–H and O–H groups in total. The average molecular weight is 435 g/mol. The molecular weight excluding hydrogens is 396 g/mol. The maximum absolute atomic E-state index is 13.8. The molecule has 0 heterocycles. The molecule has 2 aromatic carbocycles. The fourth-order valence-corrected chi connectivity index (χ4v) is 4.98. The Morgan fingerprint density at radius 2 is 1.56 bits per heavy atom. The van der Waals surface area contributed by atoms with Crippen LogP contribution in [0.1, 0.15) is 96.2 Å². The van der Waals surface area contributed by atoms with Gasteiger partial charge >= 0.3 is 0 Å². The molecule has 1 fully saturated rings. The number of hydrogen-bond acceptors (Lipinski definition) is 2. The molecule has 1 aliphatic rings. The molecular formula is C28H38N2O2. The van der Waals surface area contributed by atoms with Gasteiger partial charge < -0.3 is 0 Å². The van der Waals surface area contributed by atoms with Gasteiger partial charge in [0, 0.05) is 11.1 Å². The molecule has 0 unspecified atom stereocenters. The van der Waals surface area contributed by atoms with Crippen molar-refractivity contribution in [3.8, 4) is 0 Å². The van der Waals surface area contributed by atoms with Crippen LogP contribution in [0.5, 0.6) is 0 Å². The van der Waals surface area contributed by atoms with Crippen molar-refractivity contribution in [2.45, 2.75) is 85.1 Å². The molecule has 0 aliphatic heterocycles. The zero-order valence-electron chi connectivity index (χ0n) is 20.1. The van der Waals surface area contributed by atoms with E-state index in [1.165, 1.54) is 24.8 Å². The summed E-state index contributed by atoms with van der Waals surface area (Å²) in [6.45, 7) is 8.26. The number of benzene rings is 2. The standard InChI is InChI=1S/C28H38N2O2/c1-5-10-26(23-11-8-7-9-12-23)30(28(32)25-18-20(3)17-21(4)19-25)29-27(31)24-15-13-22(6-2)14-16-24/h13-19,23,26H,5-12H2,1-4H3,(H,29,31)/t26-/m1/s1. The molecule has 0 radical (unpaired) electrons. The second-order valence-corrected chi connectivity index (χ2v) is 9.30. The van der Waals surface area contributed by atoms with Crippen LogP contribution >= 0.6 is 0 Å². The summed E-state index contributed by atoms with van der Waals surface area (Å²) in [5.41, 5.74) is 7.56. The molecule has 0 spiro atoms. The molecule has 0 aromatic heterocycles. The van der Waals surface area contributed by atoms with E-state index in [1.807, 2.05) is 50.2 Å². The van der Waals surface area contributed by atoms with E-state index in [2.05, 4.69) is 25.3 Å². The van der Waals surface area contributed by atoms with Crippen LogP contribution < -0.4 is 5.43 Å². The summed E-state index contributed by atoms with van der Waals surface area (Å²) in [5.74, 6) is 0.0861. The fraction of sp³-hybridized carbons (Fsp3) is 0.500. The van der Waals surface area contributed by atoms with E-state index in [0.717, 1.165) is 43.2 Å². The molecule has 2 amide bonds. The predicted octanol–water partition coefficient (Wildman–Crippen LogP) is 6.40. The van der Waals surface area contributed by atoms with E-state index in [0.29, 0.717) is 17.0 Å². The van der Waals surface area contributed by atoms with Crippen molar-refractivity contribution < 1.29 is 9.59 Å². The van der Waals surface area contributed by atoms with E-state index < -0.39 is 0 Å². The van der Waals surface area contributed by atoms with Gasteiger partial charge in [0.05, 0.1) is 6.04 Å². The van der Waals surface area contributed by atoms with Gasteiger partial charge in [-0.05, 0) is 75.3 Å². The zero-order valence-corrected chi connectivity index (χ0v) is 20.1. The molecule has 4 heteroatoms. The summed E-state index contributed by atoms with van der Waals surface area (Å²) in [6.07, 6.45) is 8.67. The van der Waals surface area contributed by atoms with Crippen molar-refractivity contribution in [3.05, 3.63) is 70.3 Å². The van der Waals surface area contributed by atoms with E-state index in [4.69, 9.17) is 0 Å². The second-order valence-electron chi connectivity index (χ2n) is 9.30. The number of hydrogen-bond donors (Lipinski definition) is 1. The first-order valence-electron chi connectivity index (χ1n) is 12.2. The summed E-state index contributed by atoms with van der Waals surface area (Å²) < 4.78 is 0. The third-order valence-corrected chi connectivity index (χ3v) is 6.64. The van der Waals surface area contributed by atoms with Gasteiger partial charge in [-0.1, -0.05) is 68.9 Å². The monoisotopic (exact) mass is 434 g/mol. The average Bonchev–Trinajstić information content (AvgIpc) is 2.80. The Morgan fingerprint density at radius 3 is 2.12 bits per heavy atom. The molecule has 1 aliphatic carbocycles. The normalized spacial score (nSPS) is 15.2. The Bertz CT molecular complexity index is 893. The molecule has 1 atom stereocenters. The quantitative estimate of drug-likeness (QED) is 0.512. The molecule has 32 heavy (non-hydrogen) atoms. The minimum Gasteiger partial charge on any atom is -0.267 e. The van der Waals surface area contributed by atoms with Crippen molar-refractivity contribution in [3.63, 3.8) is 0 Å². The van der Waals surface area contributed by atoms with Crippen LogP contribution in [0.3, 0.4) is 0 Å². The Balaban J connectivity index is 1.94. The van der Waals surface area contributed by atoms with Crippen LogP contribution in [0.4, 0.5) is 0 Å². The summed E-state index contributed by atoms with van der Waals surface area (Å²) in [4.78, 5) is 27.0. The molecule has 172 valence electrons. The second kappa shape index (κ2) is 11.3. The van der Waals surface area contributed by atoms with Crippen LogP contribution in [0, 0.1) is 19.8 Å². The summed E-state index contributed by atoms with van der Waals surface area (Å²) in [7, 11) is 0. The SMILES string of the molecule is CCC[C@H](C1CCCCC1)N(NC(=O)c1ccc(CC)cc1)C(=O)c1cc(C)cc(C)c1. The zero-order chi connectivity index (χ0) is 23.1. The fourth-order valence-electron chi connectivity index (χ4n) is 4.98. The number of amides is 2. The Labute approximate surface area is 193 Å². The first-order valence-corrected chi connectivity index (χ1v) is 12.2. The van der Waals surface area contributed by atoms with E-state index in [9.17, 15) is 9.59 Å². The molecule has 4 nitrogen and oxygen atoms in total. The Hall–Kier alpha value is -2.62. The van der Waals surface area contributed by atoms with Crippen LogP contribution in [0.25, 0.3) is 0 Å². The number of nitrogens with zero attached hydrogens (tertiary/aromatic N) is 1. The predicted molar refractivity (Wildman–Crippen MR) is 131 cm³/mol. The first-order chi connectivity index (χ1) is 15.4. The van der Waals surface area contributed by atoms with E-state index >= 15 is 0 Å². The first kappa shape index (κ1) is 24.0. The van der Waals surface area contributed by atoms with Gasteiger partial charge in [-0.15, -0.1) is 0 Å². The lowest BCUT2D eigenvalue weighted by atomic mass is 9.81. The highest BCUT2D eigenvalue weighted by molar-refractivity contribution is 5.99. The molecule has 0 bridgehead atoms. The van der Waals surface area contributed by atoms with Crippen molar-refractivity contribution in [1.82, 2.24) is 10.4 Å². The van der Waals surface area contributed by atoms with Crippen LogP contribution in [0.2, 0.25) is 0 Å². The maximum Gasteiger partial charge on any atom is 0.272 e. The van der Waals surface area contributed by atoms with Crippen molar-refractivity contribution in [2.75, 3.05) is 0 Å². The number of carbonyl (C=O) groups excluding carboxylic acids is 2. The van der Waals surface area contributed by atoms with Gasteiger partial charge in [0.2, 0.25) is 0 Å². The highest BCUT2D eigenvalue weighted by Gasteiger charge is 2.33. The number of nitrogens with one attached hydrogen (secondary N) is 1. The number of aryl methyl sites for hydroxylation is 3. The van der Waals surface area contributed by atoms with Gasteiger partial charge in [-0.2, -0.15) is 0 Å².